The number of rotatable bonds is 5. The molecular weight excluding hydrogens is 518 g/mol. The van der Waals surface area contributed by atoms with Gasteiger partial charge in [-0.25, -0.2) is 9.37 Å². The molecule has 0 saturated carbocycles. The topological polar surface area (TPSA) is 88.5 Å². The maximum atomic E-state index is 14.9. The fourth-order valence-electron chi connectivity index (χ4n) is 4.05. The van der Waals surface area contributed by atoms with E-state index in [0.717, 1.165) is 25.4 Å². The van der Waals surface area contributed by atoms with E-state index in [0.29, 0.717) is 26.2 Å². The van der Waals surface area contributed by atoms with E-state index in [9.17, 15) is 27.2 Å². The van der Waals surface area contributed by atoms with Crippen LogP contribution in [0.3, 0.4) is 0 Å². The fourth-order valence-corrected chi connectivity index (χ4v) is 4.31. The molecule has 0 unspecified atom stereocenters. The van der Waals surface area contributed by atoms with Crippen molar-refractivity contribution in [2.45, 2.75) is 6.18 Å². The summed E-state index contributed by atoms with van der Waals surface area (Å²) in [5.41, 5.74) is -1.45. The van der Waals surface area contributed by atoms with Crippen LogP contribution in [-0.2, 0) is 13.2 Å². The van der Waals surface area contributed by atoms with Crippen LogP contribution in [0.1, 0.15) is 26.5 Å². The van der Waals surface area contributed by atoms with Crippen LogP contribution in [-0.4, -0.2) is 59.6 Å². The van der Waals surface area contributed by atoms with Crippen molar-refractivity contribution in [1.82, 2.24) is 19.8 Å². The molecule has 8 nitrogen and oxygen atoms in total. The quantitative estimate of drug-likeness (QED) is 0.474. The van der Waals surface area contributed by atoms with Gasteiger partial charge in [0.25, 0.3) is 11.8 Å². The maximum Gasteiger partial charge on any atom is 0.422 e. The second-order valence-electron chi connectivity index (χ2n) is 8.22. The van der Waals surface area contributed by atoms with Gasteiger partial charge in [0.15, 0.2) is 5.82 Å². The summed E-state index contributed by atoms with van der Waals surface area (Å²) < 4.78 is 61.1. The number of anilines is 1. The highest BCUT2D eigenvalue weighted by atomic mass is 35.5. The molecule has 2 N–H and O–H groups in total. The molecule has 0 radical (unpaired) electrons. The molecule has 13 heteroatoms. The van der Waals surface area contributed by atoms with E-state index in [1.165, 1.54) is 29.8 Å². The van der Waals surface area contributed by atoms with Crippen LogP contribution >= 0.6 is 11.6 Å². The van der Waals surface area contributed by atoms with Gasteiger partial charge in [0.05, 0.1) is 29.6 Å². The summed E-state index contributed by atoms with van der Waals surface area (Å²) in [6.45, 7) is 2.46. The Kier molecular flexibility index (Phi) is 7.42. The standard InChI is InChI=1S/C24H22ClF4N5O3/c1-33-17(15-5-6-18(37-2)19(20(15)26)24(27,28)29)12-31-21(33)22(35)32-13-3-4-14(16(25)11-13)23(36)34-9-7-30-8-10-34/h3-6,11-12,30H,7-10H2,1-2H3,(H,32,35). The first kappa shape index (κ1) is 26.4. The van der Waals surface area contributed by atoms with Crippen molar-refractivity contribution in [2.75, 3.05) is 38.6 Å². The van der Waals surface area contributed by atoms with Crippen molar-refractivity contribution in [3.8, 4) is 17.0 Å². The molecule has 0 atom stereocenters. The Hall–Kier alpha value is -3.64. The van der Waals surface area contributed by atoms with Gasteiger partial charge in [-0.05, 0) is 30.3 Å². The zero-order valence-electron chi connectivity index (χ0n) is 19.7. The van der Waals surface area contributed by atoms with Crippen molar-refractivity contribution < 1.29 is 31.9 Å². The average molecular weight is 540 g/mol. The molecule has 0 aliphatic carbocycles. The molecule has 1 aliphatic rings. The zero-order chi connectivity index (χ0) is 26.9. The molecule has 0 bridgehead atoms. The van der Waals surface area contributed by atoms with Crippen molar-refractivity contribution in [1.29, 1.82) is 0 Å². The molecule has 2 aromatic carbocycles. The van der Waals surface area contributed by atoms with Gasteiger partial charge in [-0.1, -0.05) is 11.6 Å². The van der Waals surface area contributed by atoms with Crippen LogP contribution in [0.5, 0.6) is 5.75 Å². The van der Waals surface area contributed by atoms with Gasteiger partial charge in [0.2, 0.25) is 0 Å². The predicted octanol–water partition coefficient (Wildman–Crippen LogP) is 4.20. The summed E-state index contributed by atoms with van der Waals surface area (Å²) in [6, 6.07) is 6.53. The minimum atomic E-state index is -5.00. The van der Waals surface area contributed by atoms with Crippen LogP contribution < -0.4 is 15.4 Å². The molecule has 1 saturated heterocycles. The van der Waals surface area contributed by atoms with E-state index >= 15 is 0 Å². The number of alkyl halides is 3. The lowest BCUT2D eigenvalue weighted by Gasteiger charge is -2.27. The molecule has 1 fully saturated rings. The summed E-state index contributed by atoms with van der Waals surface area (Å²) in [5.74, 6) is -3.33. The lowest BCUT2D eigenvalue weighted by Crippen LogP contribution is -2.46. The highest BCUT2D eigenvalue weighted by molar-refractivity contribution is 6.34. The fraction of sp³-hybridized carbons (Fsp3) is 0.292. The molecule has 1 aliphatic heterocycles. The van der Waals surface area contributed by atoms with Gasteiger partial charge in [0.1, 0.15) is 17.1 Å². The number of carbonyl (C=O) groups is 2. The monoisotopic (exact) mass is 539 g/mol. The molecule has 4 rings (SSSR count). The second-order valence-corrected chi connectivity index (χ2v) is 8.63. The number of piperazine rings is 1. The molecule has 2 heterocycles. The minimum Gasteiger partial charge on any atom is -0.496 e. The van der Waals surface area contributed by atoms with Crippen molar-refractivity contribution in [2.24, 2.45) is 7.05 Å². The molecule has 1 aromatic heterocycles. The summed E-state index contributed by atoms with van der Waals surface area (Å²) in [7, 11) is 2.38. The number of benzene rings is 2. The average Bonchev–Trinajstić information content (AvgIpc) is 3.24. The van der Waals surface area contributed by atoms with Gasteiger partial charge in [-0.15, -0.1) is 0 Å². The van der Waals surface area contributed by atoms with Crippen LogP contribution in [0.25, 0.3) is 11.3 Å². The van der Waals surface area contributed by atoms with Crippen LogP contribution in [0.2, 0.25) is 5.02 Å². The summed E-state index contributed by atoms with van der Waals surface area (Å²) in [4.78, 5) is 31.2. The lowest BCUT2D eigenvalue weighted by atomic mass is 10.1. The van der Waals surface area contributed by atoms with E-state index in [1.54, 1.807) is 4.90 Å². The number of carbonyl (C=O) groups excluding carboxylic acids is 2. The predicted molar refractivity (Wildman–Crippen MR) is 128 cm³/mol. The van der Waals surface area contributed by atoms with E-state index in [-0.39, 0.29) is 33.7 Å². The number of aromatic nitrogens is 2. The van der Waals surface area contributed by atoms with Crippen molar-refractivity contribution in [3.05, 3.63) is 64.3 Å². The summed E-state index contributed by atoms with van der Waals surface area (Å²) in [6.07, 6.45) is -3.90. The van der Waals surface area contributed by atoms with E-state index in [4.69, 9.17) is 11.6 Å². The number of imidazole rings is 1. The van der Waals surface area contributed by atoms with E-state index in [1.807, 2.05) is 0 Å². The Morgan fingerprint density at radius 1 is 1.16 bits per heavy atom. The number of nitrogens with one attached hydrogen (secondary N) is 2. The Morgan fingerprint density at radius 2 is 1.86 bits per heavy atom. The third kappa shape index (κ3) is 5.25. The smallest absolute Gasteiger partial charge is 0.422 e. The summed E-state index contributed by atoms with van der Waals surface area (Å²) >= 11 is 6.30. The van der Waals surface area contributed by atoms with Crippen LogP contribution in [0, 0.1) is 5.82 Å². The molecule has 3 aromatic rings. The highest BCUT2D eigenvalue weighted by Crippen LogP contribution is 2.41. The Bertz CT molecular complexity index is 1350. The first-order chi connectivity index (χ1) is 17.5. The maximum absolute atomic E-state index is 14.9. The van der Waals surface area contributed by atoms with E-state index < -0.39 is 34.8 Å². The van der Waals surface area contributed by atoms with Gasteiger partial charge in [0, 0.05) is 44.5 Å². The van der Waals surface area contributed by atoms with Gasteiger partial charge < -0.3 is 24.8 Å². The lowest BCUT2D eigenvalue weighted by molar-refractivity contribution is -0.141. The Labute approximate surface area is 214 Å². The number of nitrogens with zero attached hydrogens (tertiary/aromatic N) is 3. The number of amides is 2. The van der Waals surface area contributed by atoms with Crippen LogP contribution in [0.15, 0.2) is 36.5 Å². The molecular formula is C24H22ClF4N5O3. The van der Waals surface area contributed by atoms with Crippen molar-refractivity contribution >= 4 is 29.1 Å². The highest BCUT2D eigenvalue weighted by Gasteiger charge is 2.39. The minimum absolute atomic E-state index is 0.0502. The Morgan fingerprint density at radius 3 is 2.49 bits per heavy atom. The van der Waals surface area contributed by atoms with Gasteiger partial charge in [-0.3, -0.25) is 9.59 Å². The van der Waals surface area contributed by atoms with E-state index in [2.05, 4.69) is 20.4 Å². The number of hydrogen-bond acceptors (Lipinski definition) is 5. The molecule has 2 amide bonds. The SMILES string of the molecule is COc1ccc(-c2cnc(C(=O)Nc3ccc(C(=O)N4CCNCC4)c(Cl)c3)n2C)c(F)c1C(F)(F)F. The number of halogens is 5. The second kappa shape index (κ2) is 10.4. The largest absolute Gasteiger partial charge is 0.496 e. The normalized spacial score (nSPS) is 14.0. The number of methoxy groups -OCH3 is 1. The number of ether oxygens (including phenoxy) is 1. The first-order valence-electron chi connectivity index (χ1n) is 11.1. The third-order valence-electron chi connectivity index (χ3n) is 5.94. The number of hydrogen-bond donors (Lipinski definition) is 2. The Balaban J connectivity index is 1.57. The third-order valence-corrected chi connectivity index (χ3v) is 6.25. The van der Waals surface area contributed by atoms with Gasteiger partial charge >= 0.3 is 6.18 Å². The van der Waals surface area contributed by atoms with Crippen LogP contribution in [0.4, 0.5) is 23.2 Å². The molecule has 37 heavy (non-hydrogen) atoms. The molecule has 196 valence electrons. The first-order valence-corrected chi connectivity index (χ1v) is 11.5. The molecule has 0 spiro atoms. The van der Waals surface area contributed by atoms with Gasteiger partial charge in [-0.2, -0.15) is 13.2 Å². The zero-order valence-corrected chi connectivity index (χ0v) is 20.5. The van der Waals surface area contributed by atoms with Crippen molar-refractivity contribution in [3.63, 3.8) is 0 Å². The summed E-state index contributed by atoms with van der Waals surface area (Å²) in [5, 5.41) is 5.88.